The highest BCUT2D eigenvalue weighted by Crippen LogP contribution is 2.26. The lowest BCUT2D eigenvalue weighted by Crippen LogP contribution is -2.37. The number of hydrogen-bond acceptors (Lipinski definition) is 5. The first kappa shape index (κ1) is 13.1. The van der Waals surface area contributed by atoms with Crippen LogP contribution >= 0.6 is 11.6 Å². The van der Waals surface area contributed by atoms with E-state index in [9.17, 15) is 0 Å². The molecule has 0 aliphatic carbocycles. The highest BCUT2D eigenvalue weighted by atomic mass is 35.5. The van der Waals surface area contributed by atoms with Gasteiger partial charge in [0, 0.05) is 29.9 Å². The number of aromatic nitrogens is 2. The van der Waals surface area contributed by atoms with Crippen molar-refractivity contribution in [2.45, 2.75) is 0 Å². The maximum absolute atomic E-state index is 6.06. The molecule has 1 saturated heterocycles. The molecule has 1 aromatic heterocycles. The molecule has 104 valence electrons. The van der Waals surface area contributed by atoms with E-state index < -0.39 is 0 Å². The summed E-state index contributed by atoms with van der Waals surface area (Å²) in [6.45, 7) is 2.98. The molecule has 0 atom stereocenters. The van der Waals surface area contributed by atoms with Gasteiger partial charge in [0.15, 0.2) is 0 Å². The van der Waals surface area contributed by atoms with Crippen molar-refractivity contribution >= 4 is 23.4 Å². The van der Waals surface area contributed by atoms with Gasteiger partial charge in [-0.15, -0.1) is 0 Å². The van der Waals surface area contributed by atoms with Gasteiger partial charge in [0.05, 0.1) is 13.2 Å². The van der Waals surface area contributed by atoms with E-state index in [1.165, 1.54) is 0 Å². The summed E-state index contributed by atoms with van der Waals surface area (Å²) in [5, 5.41) is 0.693. The van der Waals surface area contributed by atoms with Crippen molar-refractivity contribution in [2.75, 3.05) is 36.9 Å². The Morgan fingerprint density at radius 3 is 2.50 bits per heavy atom. The van der Waals surface area contributed by atoms with E-state index in [0.29, 0.717) is 30.0 Å². The minimum atomic E-state index is 0.476. The molecule has 20 heavy (non-hydrogen) atoms. The fourth-order valence-electron chi connectivity index (χ4n) is 2.15. The molecule has 2 aromatic rings. The second kappa shape index (κ2) is 5.64. The molecule has 1 aromatic carbocycles. The van der Waals surface area contributed by atoms with Crippen LogP contribution < -0.4 is 10.6 Å². The Bertz CT molecular complexity index is 597. The number of nitrogens with zero attached hydrogens (tertiary/aromatic N) is 3. The number of anilines is 2. The van der Waals surface area contributed by atoms with Crippen molar-refractivity contribution in [2.24, 2.45) is 0 Å². The first-order valence-corrected chi connectivity index (χ1v) is 6.83. The standard InChI is InChI=1S/C14H15ClN4O/c15-11-3-1-10(2-4-11)12-9-17-14(18-13(12)16)19-5-7-20-8-6-19/h1-4,9H,5-8H2,(H2,16,17,18). The number of rotatable bonds is 2. The Labute approximate surface area is 122 Å². The van der Waals surface area contributed by atoms with E-state index in [1.807, 2.05) is 24.3 Å². The molecule has 0 saturated carbocycles. The Hall–Kier alpha value is -1.85. The average molecular weight is 291 g/mol. The average Bonchev–Trinajstić information content (AvgIpc) is 2.49. The van der Waals surface area contributed by atoms with Crippen LogP contribution in [0.15, 0.2) is 30.5 Å². The van der Waals surface area contributed by atoms with Crippen LogP contribution in [0, 0.1) is 0 Å². The van der Waals surface area contributed by atoms with Gasteiger partial charge in [-0.1, -0.05) is 23.7 Å². The third kappa shape index (κ3) is 2.69. The largest absolute Gasteiger partial charge is 0.383 e. The van der Waals surface area contributed by atoms with E-state index in [2.05, 4.69) is 14.9 Å². The number of morpholine rings is 1. The van der Waals surface area contributed by atoms with Crippen LogP contribution in [0.2, 0.25) is 5.02 Å². The fourth-order valence-corrected chi connectivity index (χ4v) is 2.28. The summed E-state index contributed by atoms with van der Waals surface area (Å²) >= 11 is 5.88. The van der Waals surface area contributed by atoms with Crippen molar-refractivity contribution in [3.63, 3.8) is 0 Å². The van der Waals surface area contributed by atoms with E-state index in [0.717, 1.165) is 24.2 Å². The van der Waals surface area contributed by atoms with E-state index in [4.69, 9.17) is 22.1 Å². The molecule has 2 N–H and O–H groups in total. The summed E-state index contributed by atoms with van der Waals surface area (Å²) in [5.41, 5.74) is 7.83. The Balaban J connectivity index is 1.88. The predicted molar refractivity (Wildman–Crippen MR) is 79.9 cm³/mol. The van der Waals surface area contributed by atoms with Gasteiger partial charge in [-0.05, 0) is 17.7 Å². The van der Waals surface area contributed by atoms with Gasteiger partial charge < -0.3 is 15.4 Å². The predicted octanol–water partition coefficient (Wildman–Crippen LogP) is 2.22. The zero-order valence-electron chi connectivity index (χ0n) is 10.9. The fraction of sp³-hybridized carbons (Fsp3) is 0.286. The number of ether oxygens (including phenoxy) is 1. The number of halogens is 1. The van der Waals surface area contributed by atoms with Crippen LogP contribution in [0.25, 0.3) is 11.1 Å². The van der Waals surface area contributed by atoms with Gasteiger partial charge in [-0.25, -0.2) is 4.98 Å². The molecular formula is C14H15ClN4O. The van der Waals surface area contributed by atoms with Crippen LogP contribution in [-0.4, -0.2) is 36.3 Å². The molecule has 0 amide bonds. The molecule has 1 aliphatic rings. The first-order chi connectivity index (χ1) is 9.74. The minimum absolute atomic E-state index is 0.476. The molecule has 6 heteroatoms. The van der Waals surface area contributed by atoms with Crippen molar-refractivity contribution in [1.29, 1.82) is 0 Å². The maximum atomic E-state index is 6.06. The van der Waals surface area contributed by atoms with E-state index in [1.54, 1.807) is 6.20 Å². The normalized spacial score (nSPS) is 15.3. The summed E-state index contributed by atoms with van der Waals surface area (Å²) in [5.74, 6) is 1.13. The third-order valence-electron chi connectivity index (χ3n) is 3.25. The summed E-state index contributed by atoms with van der Waals surface area (Å²) in [7, 11) is 0. The molecule has 3 rings (SSSR count). The van der Waals surface area contributed by atoms with Crippen LogP contribution in [0.1, 0.15) is 0 Å². The lowest BCUT2D eigenvalue weighted by atomic mass is 10.1. The van der Waals surface area contributed by atoms with Crippen LogP contribution in [0.4, 0.5) is 11.8 Å². The Morgan fingerprint density at radius 2 is 1.85 bits per heavy atom. The van der Waals surface area contributed by atoms with Crippen molar-refractivity contribution < 1.29 is 4.74 Å². The molecule has 1 aliphatic heterocycles. The quantitative estimate of drug-likeness (QED) is 0.919. The van der Waals surface area contributed by atoms with Gasteiger partial charge in [-0.3, -0.25) is 0 Å². The molecule has 0 unspecified atom stereocenters. The first-order valence-electron chi connectivity index (χ1n) is 6.45. The Morgan fingerprint density at radius 1 is 1.15 bits per heavy atom. The maximum Gasteiger partial charge on any atom is 0.227 e. The smallest absolute Gasteiger partial charge is 0.227 e. The molecule has 0 spiro atoms. The molecule has 1 fully saturated rings. The van der Waals surface area contributed by atoms with Crippen LogP contribution in [0.5, 0.6) is 0 Å². The molecule has 0 bridgehead atoms. The van der Waals surface area contributed by atoms with Crippen molar-refractivity contribution in [3.05, 3.63) is 35.5 Å². The highest BCUT2D eigenvalue weighted by molar-refractivity contribution is 6.30. The van der Waals surface area contributed by atoms with Gasteiger partial charge >= 0.3 is 0 Å². The highest BCUT2D eigenvalue weighted by Gasteiger charge is 2.15. The van der Waals surface area contributed by atoms with Crippen LogP contribution in [-0.2, 0) is 4.74 Å². The van der Waals surface area contributed by atoms with Crippen molar-refractivity contribution in [3.8, 4) is 11.1 Å². The van der Waals surface area contributed by atoms with Crippen molar-refractivity contribution in [1.82, 2.24) is 9.97 Å². The Kier molecular flexibility index (Phi) is 3.71. The monoisotopic (exact) mass is 290 g/mol. The lowest BCUT2D eigenvalue weighted by molar-refractivity contribution is 0.122. The second-order valence-electron chi connectivity index (χ2n) is 4.58. The number of hydrogen-bond donors (Lipinski definition) is 1. The summed E-state index contributed by atoms with van der Waals surface area (Å²) in [6, 6.07) is 7.47. The summed E-state index contributed by atoms with van der Waals surface area (Å²) < 4.78 is 5.31. The lowest BCUT2D eigenvalue weighted by Gasteiger charge is -2.26. The minimum Gasteiger partial charge on any atom is -0.383 e. The number of benzene rings is 1. The number of nitrogen functional groups attached to an aromatic ring is 1. The molecular weight excluding hydrogens is 276 g/mol. The zero-order valence-corrected chi connectivity index (χ0v) is 11.7. The molecule has 2 heterocycles. The van der Waals surface area contributed by atoms with Gasteiger partial charge in [0.1, 0.15) is 5.82 Å². The van der Waals surface area contributed by atoms with Crippen LogP contribution in [0.3, 0.4) is 0 Å². The van der Waals surface area contributed by atoms with Gasteiger partial charge in [-0.2, -0.15) is 4.98 Å². The summed E-state index contributed by atoms with van der Waals surface area (Å²) in [6.07, 6.45) is 1.76. The summed E-state index contributed by atoms with van der Waals surface area (Å²) in [4.78, 5) is 10.9. The third-order valence-corrected chi connectivity index (χ3v) is 3.51. The van der Waals surface area contributed by atoms with Gasteiger partial charge in [0.2, 0.25) is 5.95 Å². The van der Waals surface area contributed by atoms with Gasteiger partial charge in [0.25, 0.3) is 0 Å². The molecule has 5 nitrogen and oxygen atoms in total. The van der Waals surface area contributed by atoms with E-state index in [-0.39, 0.29) is 0 Å². The second-order valence-corrected chi connectivity index (χ2v) is 5.01. The molecule has 0 radical (unpaired) electrons. The number of nitrogens with two attached hydrogens (primary N) is 1. The SMILES string of the molecule is Nc1nc(N2CCOCC2)ncc1-c1ccc(Cl)cc1. The topological polar surface area (TPSA) is 64.3 Å². The van der Waals surface area contributed by atoms with E-state index >= 15 is 0 Å². The zero-order chi connectivity index (χ0) is 13.9.